The molecule has 0 unspecified atom stereocenters. The Morgan fingerprint density at radius 1 is 1.08 bits per heavy atom. The number of rotatable bonds is 9. The molecule has 5 rings (SSSR count). The summed E-state index contributed by atoms with van der Waals surface area (Å²) in [6, 6.07) is 15.0. The molecule has 1 aliphatic carbocycles. The minimum Gasteiger partial charge on any atom is -0.497 e. The molecule has 1 aliphatic rings. The average molecular weight is 513 g/mol. The Morgan fingerprint density at radius 3 is 2.66 bits per heavy atom. The molecule has 1 N–H and O–H groups in total. The summed E-state index contributed by atoms with van der Waals surface area (Å²) in [4.78, 5) is 34.1. The van der Waals surface area contributed by atoms with E-state index in [9.17, 15) is 9.59 Å². The van der Waals surface area contributed by atoms with Crippen LogP contribution in [0, 0.1) is 5.92 Å². The van der Waals surface area contributed by atoms with Crippen molar-refractivity contribution in [1.29, 1.82) is 0 Å². The second kappa shape index (κ2) is 11.5. The third kappa shape index (κ3) is 5.25. The third-order valence-corrected chi connectivity index (χ3v) is 7.29. The third-order valence-electron chi connectivity index (χ3n) is 7.29. The summed E-state index contributed by atoms with van der Waals surface area (Å²) >= 11 is 0. The first-order valence-electron chi connectivity index (χ1n) is 13.0. The molecule has 2 aromatic heterocycles. The van der Waals surface area contributed by atoms with Crippen LogP contribution in [0.25, 0.3) is 22.2 Å². The lowest BCUT2D eigenvalue weighted by atomic mass is 9.84. The number of nitrogens with zero attached hydrogens (tertiary/aromatic N) is 3. The number of aldehydes is 1. The second-order valence-electron chi connectivity index (χ2n) is 9.66. The lowest BCUT2D eigenvalue weighted by molar-refractivity contribution is -0.108. The molecule has 2 heterocycles. The number of fused-ring (bicyclic) bond motifs is 1. The van der Waals surface area contributed by atoms with Gasteiger partial charge in [0.1, 0.15) is 23.5 Å². The Kier molecular flexibility index (Phi) is 7.67. The Hall–Kier alpha value is -4.20. The van der Waals surface area contributed by atoms with Gasteiger partial charge in [-0.3, -0.25) is 10.1 Å². The van der Waals surface area contributed by atoms with Crippen LogP contribution in [0.15, 0.2) is 54.7 Å². The van der Waals surface area contributed by atoms with Crippen molar-refractivity contribution < 1.29 is 19.1 Å². The summed E-state index contributed by atoms with van der Waals surface area (Å²) in [6.07, 6.45) is 9.64. The molecule has 0 spiro atoms. The molecule has 4 aromatic rings. The minimum absolute atomic E-state index is 0.0751. The first kappa shape index (κ1) is 25.4. The van der Waals surface area contributed by atoms with Crippen LogP contribution >= 0.6 is 0 Å². The summed E-state index contributed by atoms with van der Waals surface area (Å²) in [5, 5.41) is 3.74. The summed E-state index contributed by atoms with van der Waals surface area (Å²) in [5.74, 6) is 1.71. The van der Waals surface area contributed by atoms with Crippen molar-refractivity contribution in [2.75, 3.05) is 19.5 Å². The minimum atomic E-state index is -0.379. The summed E-state index contributed by atoms with van der Waals surface area (Å²) in [6.45, 7) is 0.0751. The van der Waals surface area contributed by atoms with E-state index in [2.05, 4.69) is 10.3 Å². The quantitative estimate of drug-likeness (QED) is 0.290. The van der Waals surface area contributed by atoms with Crippen LogP contribution in [-0.4, -0.2) is 40.9 Å². The molecule has 2 aromatic carbocycles. The fourth-order valence-corrected chi connectivity index (χ4v) is 5.38. The highest BCUT2D eigenvalue weighted by Gasteiger charge is 2.22. The van der Waals surface area contributed by atoms with Gasteiger partial charge in [-0.15, -0.1) is 0 Å². The second-order valence-corrected chi connectivity index (χ2v) is 9.66. The van der Waals surface area contributed by atoms with E-state index in [1.165, 1.54) is 32.1 Å². The molecule has 8 nitrogen and oxygen atoms in total. The molecule has 8 heteroatoms. The van der Waals surface area contributed by atoms with E-state index >= 15 is 0 Å². The van der Waals surface area contributed by atoms with Crippen molar-refractivity contribution in [3.8, 4) is 22.8 Å². The van der Waals surface area contributed by atoms with Crippen molar-refractivity contribution in [3.05, 3.63) is 66.0 Å². The number of para-hydroxylation sites is 1. The van der Waals surface area contributed by atoms with Crippen LogP contribution in [0.4, 0.5) is 5.95 Å². The molecule has 196 valence electrons. The molecule has 0 atom stereocenters. The molecule has 38 heavy (non-hydrogen) atoms. The molecule has 1 fully saturated rings. The maximum absolute atomic E-state index is 13.4. The van der Waals surface area contributed by atoms with E-state index in [4.69, 9.17) is 14.5 Å². The number of amides is 1. The first-order chi connectivity index (χ1) is 18.6. The van der Waals surface area contributed by atoms with Gasteiger partial charge in [0.15, 0.2) is 0 Å². The Labute approximate surface area is 222 Å². The van der Waals surface area contributed by atoms with Crippen LogP contribution in [0.3, 0.4) is 0 Å². The highest BCUT2D eigenvalue weighted by molar-refractivity contribution is 6.06. The number of methoxy groups -OCH3 is 2. The number of ether oxygens (including phenoxy) is 2. The summed E-state index contributed by atoms with van der Waals surface area (Å²) < 4.78 is 12.8. The van der Waals surface area contributed by atoms with Crippen molar-refractivity contribution in [3.63, 3.8) is 0 Å². The molecule has 0 radical (unpaired) electrons. The molecular weight excluding hydrogens is 480 g/mol. The van der Waals surface area contributed by atoms with Gasteiger partial charge in [0.05, 0.1) is 26.5 Å². The maximum atomic E-state index is 13.4. The standard InChI is InChI=1S/C30H32N4O4/c1-37-23-12-13-24(27(18-23)38-2)28-22(16-20-8-4-3-5-9-20)19-31-30(32-28)33-29(36)26-17-21-10-6-7-11-25(21)34(26)14-15-35/h6-7,10-13,15,17-20H,3-5,8-9,14,16H2,1-2H3,(H,31,32,33,36). The van der Waals surface area contributed by atoms with E-state index in [1.54, 1.807) is 24.9 Å². The Morgan fingerprint density at radius 2 is 1.89 bits per heavy atom. The maximum Gasteiger partial charge on any atom is 0.274 e. The number of anilines is 1. The van der Waals surface area contributed by atoms with Crippen LogP contribution in [-0.2, 0) is 17.8 Å². The highest BCUT2D eigenvalue weighted by atomic mass is 16.5. The fourth-order valence-electron chi connectivity index (χ4n) is 5.38. The Bertz CT molecular complexity index is 1460. The van der Waals surface area contributed by atoms with Crippen molar-refractivity contribution in [2.45, 2.75) is 45.1 Å². The molecule has 0 saturated heterocycles. The van der Waals surface area contributed by atoms with Gasteiger partial charge >= 0.3 is 0 Å². The van der Waals surface area contributed by atoms with Crippen molar-refractivity contribution in [2.24, 2.45) is 5.92 Å². The van der Waals surface area contributed by atoms with E-state index in [0.29, 0.717) is 23.1 Å². The number of aromatic nitrogens is 3. The normalized spacial score (nSPS) is 13.8. The van der Waals surface area contributed by atoms with Gasteiger partial charge < -0.3 is 18.8 Å². The topological polar surface area (TPSA) is 95.3 Å². The Balaban J connectivity index is 1.52. The number of hydrogen-bond acceptors (Lipinski definition) is 6. The van der Waals surface area contributed by atoms with Crippen molar-refractivity contribution >= 4 is 29.0 Å². The van der Waals surface area contributed by atoms with Crippen LogP contribution in [0.5, 0.6) is 11.5 Å². The summed E-state index contributed by atoms with van der Waals surface area (Å²) in [7, 11) is 3.24. The fraction of sp³-hybridized carbons (Fsp3) is 0.333. The van der Waals surface area contributed by atoms with E-state index < -0.39 is 0 Å². The molecule has 0 aliphatic heterocycles. The lowest BCUT2D eigenvalue weighted by Gasteiger charge is -2.23. The molecule has 1 amide bonds. The number of hydrogen-bond donors (Lipinski definition) is 1. The van der Waals surface area contributed by atoms with E-state index in [-0.39, 0.29) is 18.4 Å². The van der Waals surface area contributed by atoms with Crippen LogP contribution < -0.4 is 14.8 Å². The van der Waals surface area contributed by atoms with E-state index in [0.717, 1.165) is 40.4 Å². The summed E-state index contributed by atoms with van der Waals surface area (Å²) in [5.41, 5.74) is 3.75. The van der Waals surface area contributed by atoms with Gasteiger partial charge in [-0.05, 0) is 42.2 Å². The van der Waals surface area contributed by atoms with E-state index in [1.807, 2.05) is 48.7 Å². The number of nitrogens with one attached hydrogen (secondary N) is 1. The monoisotopic (exact) mass is 512 g/mol. The van der Waals surface area contributed by atoms with Crippen LogP contribution in [0.1, 0.15) is 48.2 Å². The number of benzene rings is 2. The first-order valence-corrected chi connectivity index (χ1v) is 13.0. The molecule has 1 saturated carbocycles. The van der Waals surface area contributed by atoms with Gasteiger partial charge in [-0.1, -0.05) is 50.3 Å². The van der Waals surface area contributed by atoms with Gasteiger partial charge in [-0.2, -0.15) is 0 Å². The van der Waals surface area contributed by atoms with Gasteiger partial charge in [-0.25, -0.2) is 9.97 Å². The lowest BCUT2D eigenvalue weighted by Crippen LogP contribution is -2.19. The van der Waals surface area contributed by atoms with Gasteiger partial charge in [0, 0.05) is 28.7 Å². The number of carbonyl (C=O) groups is 2. The highest BCUT2D eigenvalue weighted by Crippen LogP contribution is 2.37. The zero-order chi connectivity index (χ0) is 26.5. The largest absolute Gasteiger partial charge is 0.497 e. The van der Waals surface area contributed by atoms with Gasteiger partial charge in [0.2, 0.25) is 5.95 Å². The number of carbonyl (C=O) groups excluding carboxylic acids is 2. The zero-order valence-corrected chi connectivity index (χ0v) is 21.8. The van der Waals surface area contributed by atoms with Crippen LogP contribution in [0.2, 0.25) is 0 Å². The SMILES string of the molecule is COc1ccc(-c2nc(NC(=O)c3cc4ccccc4n3CC=O)ncc2CC2CCCCC2)c(OC)c1. The average Bonchev–Trinajstić information content (AvgIpc) is 3.33. The van der Waals surface area contributed by atoms with Gasteiger partial charge in [0.25, 0.3) is 5.91 Å². The molecule has 0 bridgehead atoms. The van der Waals surface area contributed by atoms with Crippen molar-refractivity contribution in [1.82, 2.24) is 14.5 Å². The molecular formula is C30H32N4O4. The predicted octanol–water partition coefficient (Wildman–Crippen LogP) is 5.69. The zero-order valence-electron chi connectivity index (χ0n) is 21.8. The predicted molar refractivity (Wildman–Crippen MR) is 147 cm³/mol. The smallest absolute Gasteiger partial charge is 0.274 e.